The summed E-state index contributed by atoms with van der Waals surface area (Å²) in [5, 5.41) is 10.3. The maximum atomic E-state index is 10.3. The molecule has 0 aliphatic heterocycles. The topological polar surface area (TPSA) is 20.2 Å². The first kappa shape index (κ1) is 18.8. The second-order valence-corrected chi connectivity index (χ2v) is 10.7. The lowest BCUT2D eigenvalue weighted by Gasteiger charge is -2.59. The molecule has 0 spiro atoms. The first-order valence-electron chi connectivity index (χ1n) is 11.3. The van der Waals surface area contributed by atoms with E-state index < -0.39 is 0 Å². The molecule has 4 rings (SSSR count). The van der Waals surface area contributed by atoms with E-state index in [0.717, 1.165) is 36.5 Å². The van der Waals surface area contributed by atoms with Crippen LogP contribution in [0.5, 0.6) is 0 Å². The third-order valence-electron chi connectivity index (χ3n) is 9.51. The molecule has 0 radical (unpaired) electrons. The molecule has 26 heavy (non-hydrogen) atoms. The van der Waals surface area contributed by atoms with E-state index >= 15 is 0 Å². The van der Waals surface area contributed by atoms with Crippen molar-refractivity contribution in [2.45, 2.75) is 98.5 Å². The minimum absolute atomic E-state index is 0.0869. The van der Waals surface area contributed by atoms with Crippen molar-refractivity contribution in [1.29, 1.82) is 0 Å². The van der Waals surface area contributed by atoms with Crippen LogP contribution >= 0.6 is 0 Å². The first-order valence-corrected chi connectivity index (χ1v) is 11.3. The van der Waals surface area contributed by atoms with Gasteiger partial charge in [-0.1, -0.05) is 43.6 Å². The largest absolute Gasteiger partial charge is 0.393 e. The summed E-state index contributed by atoms with van der Waals surface area (Å²) in [5.74, 6) is 3.48. The van der Waals surface area contributed by atoms with Gasteiger partial charge in [-0.3, -0.25) is 0 Å². The van der Waals surface area contributed by atoms with E-state index in [1.165, 1.54) is 44.9 Å². The Kier molecular flexibility index (Phi) is 4.70. The SMILES string of the molecule is CC/C=C(\C)C1CCC2C3CC(C)=C4CC(O)CCC4(C)C3CCC12C. The molecular formula is C25H40O. The van der Waals surface area contributed by atoms with Gasteiger partial charge >= 0.3 is 0 Å². The number of hydrogen-bond acceptors (Lipinski definition) is 1. The zero-order valence-electron chi connectivity index (χ0n) is 17.8. The molecule has 0 aromatic rings. The second kappa shape index (κ2) is 6.50. The predicted molar refractivity (Wildman–Crippen MR) is 110 cm³/mol. The van der Waals surface area contributed by atoms with Gasteiger partial charge in [0.2, 0.25) is 0 Å². The van der Waals surface area contributed by atoms with Gasteiger partial charge in [0.25, 0.3) is 0 Å². The highest BCUT2D eigenvalue weighted by Crippen LogP contribution is 2.67. The van der Waals surface area contributed by atoms with Gasteiger partial charge in [0.1, 0.15) is 0 Å². The first-order chi connectivity index (χ1) is 12.3. The van der Waals surface area contributed by atoms with Crippen molar-refractivity contribution in [2.24, 2.45) is 34.5 Å². The fraction of sp³-hybridized carbons (Fsp3) is 0.840. The molecule has 0 aromatic carbocycles. The Bertz CT molecular complexity index is 628. The van der Waals surface area contributed by atoms with Crippen molar-refractivity contribution < 1.29 is 5.11 Å². The number of fused-ring (bicyclic) bond motifs is 5. The smallest absolute Gasteiger partial charge is 0.0577 e. The zero-order chi connectivity index (χ0) is 18.7. The lowest BCUT2D eigenvalue weighted by Crippen LogP contribution is -2.51. The quantitative estimate of drug-likeness (QED) is 0.548. The fourth-order valence-electron chi connectivity index (χ4n) is 8.31. The highest BCUT2D eigenvalue weighted by atomic mass is 16.3. The summed E-state index contributed by atoms with van der Waals surface area (Å²) in [7, 11) is 0. The highest BCUT2D eigenvalue weighted by molar-refractivity contribution is 5.31. The summed E-state index contributed by atoms with van der Waals surface area (Å²) in [4.78, 5) is 0. The predicted octanol–water partition coefficient (Wildman–Crippen LogP) is 6.67. The van der Waals surface area contributed by atoms with Crippen molar-refractivity contribution in [1.82, 2.24) is 0 Å². The van der Waals surface area contributed by atoms with Gasteiger partial charge in [-0.2, -0.15) is 0 Å². The molecule has 0 amide bonds. The molecule has 4 aliphatic rings. The molecule has 7 unspecified atom stereocenters. The Balaban J connectivity index is 1.67. The van der Waals surface area contributed by atoms with Crippen molar-refractivity contribution in [2.75, 3.05) is 0 Å². The van der Waals surface area contributed by atoms with Crippen molar-refractivity contribution in [3.8, 4) is 0 Å². The van der Waals surface area contributed by atoms with Crippen molar-refractivity contribution in [3.05, 3.63) is 22.8 Å². The van der Waals surface area contributed by atoms with Gasteiger partial charge in [-0.25, -0.2) is 0 Å². The molecule has 3 saturated carbocycles. The van der Waals surface area contributed by atoms with Crippen molar-refractivity contribution in [3.63, 3.8) is 0 Å². The Morgan fingerprint density at radius 1 is 1.08 bits per heavy atom. The van der Waals surface area contributed by atoms with Crippen LogP contribution in [0.15, 0.2) is 22.8 Å². The van der Waals surface area contributed by atoms with Gasteiger partial charge in [0, 0.05) is 0 Å². The Morgan fingerprint density at radius 2 is 1.85 bits per heavy atom. The van der Waals surface area contributed by atoms with Gasteiger partial charge in [-0.05, 0) is 106 Å². The zero-order valence-corrected chi connectivity index (χ0v) is 17.8. The minimum Gasteiger partial charge on any atom is -0.393 e. The van der Waals surface area contributed by atoms with E-state index in [-0.39, 0.29) is 6.10 Å². The summed E-state index contributed by atoms with van der Waals surface area (Å²) in [6.45, 7) is 12.3. The lowest BCUT2D eigenvalue weighted by atomic mass is 9.46. The van der Waals surface area contributed by atoms with Crippen LogP contribution in [0, 0.1) is 34.5 Å². The highest BCUT2D eigenvalue weighted by Gasteiger charge is 2.59. The van der Waals surface area contributed by atoms with Crippen LogP contribution in [0.3, 0.4) is 0 Å². The monoisotopic (exact) mass is 356 g/mol. The number of rotatable bonds is 2. The summed E-state index contributed by atoms with van der Waals surface area (Å²) in [6.07, 6.45) is 13.8. The number of allylic oxidation sites excluding steroid dienone is 3. The van der Waals surface area contributed by atoms with E-state index in [2.05, 4.69) is 40.7 Å². The molecule has 1 heteroatoms. The van der Waals surface area contributed by atoms with Crippen LogP contribution in [0.4, 0.5) is 0 Å². The molecule has 0 bridgehead atoms. The Hall–Kier alpha value is -0.560. The summed E-state index contributed by atoms with van der Waals surface area (Å²) < 4.78 is 0. The summed E-state index contributed by atoms with van der Waals surface area (Å²) in [6, 6.07) is 0. The van der Waals surface area contributed by atoms with Crippen LogP contribution < -0.4 is 0 Å². The molecule has 0 heterocycles. The third-order valence-corrected chi connectivity index (χ3v) is 9.51. The third kappa shape index (κ3) is 2.60. The van der Waals surface area contributed by atoms with Gasteiger partial charge in [0.15, 0.2) is 0 Å². The van der Waals surface area contributed by atoms with E-state index in [1.807, 2.05) is 0 Å². The molecule has 4 aliphatic carbocycles. The molecule has 1 N–H and O–H groups in total. The summed E-state index contributed by atoms with van der Waals surface area (Å²) >= 11 is 0. The maximum absolute atomic E-state index is 10.3. The average molecular weight is 357 g/mol. The normalized spacial score (nSPS) is 48.8. The number of aliphatic hydroxyl groups is 1. The molecule has 146 valence electrons. The van der Waals surface area contributed by atoms with Gasteiger partial charge < -0.3 is 5.11 Å². The Morgan fingerprint density at radius 3 is 2.58 bits per heavy atom. The van der Waals surface area contributed by atoms with Crippen LogP contribution in [0.25, 0.3) is 0 Å². The van der Waals surface area contributed by atoms with E-state index in [0.29, 0.717) is 10.8 Å². The maximum Gasteiger partial charge on any atom is 0.0577 e. The van der Waals surface area contributed by atoms with Crippen LogP contribution in [0.2, 0.25) is 0 Å². The van der Waals surface area contributed by atoms with Crippen molar-refractivity contribution >= 4 is 0 Å². The molecule has 7 atom stereocenters. The molecule has 0 saturated heterocycles. The van der Waals surface area contributed by atoms with E-state index in [1.54, 1.807) is 16.7 Å². The number of hydrogen-bond donors (Lipinski definition) is 1. The molecule has 0 aromatic heterocycles. The summed E-state index contributed by atoms with van der Waals surface area (Å²) in [5.41, 5.74) is 5.87. The average Bonchev–Trinajstić information content (AvgIpc) is 2.94. The standard InChI is InChI=1S/C25H40O/c1-6-7-16(2)20-8-9-21-19-14-17(3)23-15-18(26)10-12-25(23,5)22(19)11-13-24(20,21)4/h7,18-22,26H,6,8-15H2,1-5H3/b16-7+. The van der Waals surface area contributed by atoms with Crippen LogP contribution in [-0.2, 0) is 0 Å². The Labute approximate surface area is 161 Å². The van der Waals surface area contributed by atoms with Gasteiger partial charge in [0.05, 0.1) is 6.10 Å². The van der Waals surface area contributed by atoms with Crippen LogP contribution in [0.1, 0.15) is 92.4 Å². The van der Waals surface area contributed by atoms with E-state index in [4.69, 9.17) is 0 Å². The molecule has 3 fully saturated rings. The van der Waals surface area contributed by atoms with Crippen LogP contribution in [-0.4, -0.2) is 11.2 Å². The minimum atomic E-state index is -0.0869. The fourth-order valence-corrected chi connectivity index (χ4v) is 8.31. The van der Waals surface area contributed by atoms with E-state index in [9.17, 15) is 5.11 Å². The number of aliphatic hydroxyl groups excluding tert-OH is 1. The second-order valence-electron chi connectivity index (χ2n) is 10.7. The molecule has 1 nitrogen and oxygen atoms in total. The van der Waals surface area contributed by atoms with Gasteiger partial charge in [-0.15, -0.1) is 0 Å². The molecular weight excluding hydrogens is 316 g/mol. The lowest BCUT2D eigenvalue weighted by molar-refractivity contribution is -0.0480.